The zero-order valence-electron chi connectivity index (χ0n) is 22.3. The van der Waals surface area contributed by atoms with Crippen molar-refractivity contribution in [1.29, 1.82) is 0 Å². The average molecular weight is 541 g/mol. The molecular formula is C34H28N4O3. The Kier molecular flexibility index (Phi) is 6.12. The minimum absolute atomic E-state index is 0.0263. The van der Waals surface area contributed by atoms with Gasteiger partial charge in [0.25, 0.3) is 0 Å². The van der Waals surface area contributed by atoms with Crippen LogP contribution in [0.3, 0.4) is 0 Å². The highest BCUT2D eigenvalue weighted by atomic mass is 16.3. The van der Waals surface area contributed by atoms with Gasteiger partial charge in [-0.15, -0.1) is 0 Å². The number of hydrogen-bond donors (Lipinski definition) is 5. The molecule has 7 nitrogen and oxygen atoms in total. The van der Waals surface area contributed by atoms with Crippen molar-refractivity contribution in [3.8, 4) is 22.3 Å². The average Bonchev–Trinajstić information content (AvgIpc) is 3.79. The van der Waals surface area contributed by atoms with E-state index in [1.807, 2.05) is 97.9 Å². The van der Waals surface area contributed by atoms with Crippen LogP contribution >= 0.6 is 0 Å². The predicted molar refractivity (Wildman–Crippen MR) is 161 cm³/mol. The Balaban J connectivity index is 1.56. The molecule has 0 spiro atoms. The number of aliphatic hydroxyl groups is 3. The molecule has 2 aromatic carbocycles. The number of fused-ring (bicyclic) bond motifs is 8. The van der Waals surface area contributed by atoms with Crippen molar-refractivity contribution < 1.29 is 15.3 Å². The van der Waals surface area contributed by atoms with Crippen molar-refractivity contribution >= 4 is 34.2 Å². The van der Waals surface area contributed by atoms with E-state index in [1.165, 1.54) is 0 Å². The van der Waals surface area contributed by atoms with E-state index in [0.717, 1.165) is 66.8 Å². The van der Waals surface area contributed by atoms with Crippen LogP contribution in [-0.2, 0) is 6.61 Å². The van der Waals surface area contributed by atoms with Crippen LogP contribution in [0.1, 0.15) is 46.1 Å². The highest BCUT2D eigenvalue weighted by molar-refractivity contribution is 5.91. The first kappa shape index (κ1) is 25.2. The largest absolute Gasteiger partial charge is 0.392 e. The normalized spacial score (nSPS) is 16.3. The lowest BCUT2D eigenvalue weighted by Crippen LogP contribution is -2.04. The van der Waals surface area contributed by atoms with Gasteiger partial charge in [-0.05, 0) is 72.2 Å². The molecule has 8 bridgehead atoms. The molecule has 0 aliphatic carbocycles. The molecule has 0 saturated heterocycles. The second-order valence-electron chi connectivity index (χ2n) is 10.5. The van der Waals surface area contributed by atoms with Crippen molar-refractivity contribution in [2.45, 2.75) is 25.7 Å². The third-order valence-corrected chi connectivity index (χ3v) is 7.63. The number of hydrogen-bond acceptors (Lipinski definition) is 5. The van der Waals surface area contributed by atoms with Gasteiger partial charge in [0, 0.05) is 33.2 Å². The molecule has 2 atom stereocenters. The number of rotatable bonds is 3. The van der Waals surface area contributed by atoms with Crippen LogP contribution in [0.2, 0.25) is 0 Å². The smallest absolute Gasteiger partial charge is 0.128 e. The molecular weight excluding hydrogens is 512 g/mol. The lowest BCUT2D eigenvalue weighted by atomic mass is 9.99. The summed E-state index contributed by atoms with van der Waals surface area (Å²) in [6.07, 6.45) is 1.62. The van der Waals surface area contributed by atoms with Gasteiger partial charge < -0.3 is 25.3 Å². The molecule has 2 aliphatic rings. The van der Waals surface area contributed by atoms with Gasteiger partial charge in [-0.2, -0.15) is 0 Å². The highest BCUT2D eigenvalue weighted by Gasteiger charge is 2.31. The molecule has 0 radical (unpaired) electrons. The summed E-state index contributed by atoms with van der Waals surface area (Å²) in [5.74, 6) is 0. The predicted octanol–water partition coefficient (Wildman–Crippen LogP) is 6.39. The van der Waals surface area contributed by atoms with Gasteiger partial charge in [0.1, 0.15) is 12.2 Å². The number of aromatic nitrogens is 4. The fraction of sp³-hybridized carbons (Fsp3) is 0.118. The summed E-state index contributed by atoms with van der Waals surface area (Å²) >= 11 is 0. The van der Waals surface area contributed by atoms with Crippen LogP contribution in [0.25, 0.3) is 56.5 Å². The third-order valence-electron chi connectivity index (χ3n) is 7.63. The summed E-state index contributed by atoms with van der Waals surface area (Å²) in [6, 6.07) is 27.4. The third kappa shape index (κ3) is 4.56. The topological polar surface area (TPSA) is 118 Å². The van der Waals surface area contributed by atoms with Gasteiger partial charge in [-0.1, -0.05) is 54.1 Å². The Morgan fingerprint density at radius 2 is 1.32 bits per heavy atom. The van der Waals surface area contributed by atoms with E-state index < -0.39 is 12.2 Å². The van der Waals surface area contributed by atoms with Gasteiger partial charge in [0.05, 0.1) is 29.4 Å². The zero-order valence-corrected chi connectivity index (χ0v) is 22.3. The Hall–Kier alpha value is -4.82. The van der Waals surface area contributed by atoms with E-state index in [4.69, 9.17) is 9.97 Å². The van der Waals surface area contributed by atoms with E-state index >= 15 is 0 Å². The summed E-state index contributed by atoms with van der Waals surface area (Å²) in [6.45, 7) is 2.00. The maximum atomic E-state index is 11.2. The summed E-state index contributed by atoms with van der Waals surface area (Å²) in [5.41, 5.74) is 11.0. The maximum Gasteiger partial charge on any atom is 0.128 e. The number of aromatic amines is 2. The lowest BCUT2D eigenvalue weighted by molar-refractivity contribution is 0.0257. The molecule has 5 heterocycles. The van der Waals surface area contributed by atoms with Gasteiger partial charge in [-0.25, -0.2) is 4.98 Å². The summed E-state index contributed by atoms with van der Waals surface area (Å²) in [4.78, 5) is 16.7. The van der Waals surface area contributed by atoms with Crippen LogP contribution in [-0.4, -0.2) is 35.3 Å². The van der Waals surface area contributed by atoms with Crippen molar-refractivity contribution in [3.63, 3.8) is 0 Å². The standard InChI is InChI=1S/C34H28N4O3/c1-19-2-6-22(7-3-19)31-28-15-11-24(36-28)16-23-10-13-26(35-23)30(21-8-4-20(18-39)5-9-21)27-14-12-25(37-27)17-29-33(40)34(41)32(31)38-29/h2-17,33-34,36-37,39-41H,18H2,1H3. The number of aliphatic hydroxyl groups excluding tert-OH is 3. The van der Waals surface area contributed by atoms with E-state index in [1.54, 1.807) is 6.07 Å². The Morgan fingerprint density at radius 1 is 0.683 bits per heavy atom. The SMILES string of the molecule is Cc1ccc(-c2c3nc(cc4ccc([nH]4)c(-c4ccc(CO)cc4)c4nc(cc5ccc2[nH]5)C=C4)C(O)C3O)cc1. The summed E-state index contributed by atoms with van der Waals surface area (Å²) in [5, 5.41) is 31.8. The van der Waals surface area contributed by atoms with Crippen LogP contribution in [0, 0.1) is 6.92 Å². The first-order valence-corrected chi connectivity index (χ1v) is 13.5. The van der Waals surface area contributed by atoms with E-state index in [-0.39, 0.29) is 6.61 Å². The Bertz CT molecular complexity index is 1970. The van der Waals surface area contributed by atoms with E-state index in [0.29, 0.717) is 11.4 Å². The molecule has 3 aromatic heterocycles. The fourth-order valence-electron chi connectivity index (χ4n) is 5.48. The van der Waals surface area contributed by atoms with Crippen molar-refractivity contribution in [2.24, 2.45) is 0 Å². The quantitative estimate of drug-likeness (QED) is 0.178. The molecule has 5 aromatic rings. The molecule has 0 amide bonds. The molecule has 202 valence electrons. The molecule has 5 N–H and O–H groups in total. The molecule has 0 saturated carbocycles. The minimum Gasteiger partial charge on any atom is -0.392 e. The molecule has 41 heavy (non-hydrogen) atoms. The Morgan fingerprint density at radius 3 is 2.02 bits per heavy atom. The summed E-state index contributed by atoms with van der Waals surface area (Å²) < 4.78 is 0. The number of nitrogens with zero attached hydrogens (tertiary/aromatic N) is 2. The maximum absolute atomic E-state index is 11.2. The second-order valence-corrected chi connectivity index (χ2v) is 10.5. The van der Waals surface area contributed by atoms with Crippen LogP contribution in [0.15, 0.2) is 84.9 Å². The van der Waals surface area contributed by atoms with Gasteiger partial charge >= 0.3 is 0 Å². The van der Waals surface area contributed by atoms with Crippen molar-refractivity contribution in [3.05, 3.63) is 119 Å². The molecule has 2 aliphatic heterocycles. The number of benzene rings is 2. The van der Waals surface area contributed by atoms with Gasteiger partial charge in [0.15, 0.2) is 0 Å². The van der Waals surface area contributed by atoms with Gasteiger partial charge in [-0.3, -0.25) is 4.98 Å². The fourth-order valence-corrected chi connectivity index (χ4v) is 5.48. The second kappa shape index (κ2) is 9.98. The Labute approximate surface area is 236 Å². The minimum atomic E-state index is -1.19. The van der Waals surface area contributed by atoms with E-state index in [2.05, 4.69) is 9.97 Å². The molecule has 2 unspecified atom stereocenters. The monoisotopic (exact) mass is 540 g/mol. The van der Waals surface area contributed by atoms with Gasteiger partial charge in [0.2, 0.25) is 0 Å². The van der Waals surface area contributed by atoms with Crippen molar-refractivity contribution in [1.82, 2.24) is 19.9 Å². The number of aryl methyl sites for hydroxylation is 1. The first-order valence-electron chi connectivity index (χ1n) is 13.5. The van der Waals surface area contributed by atoms with Crippen LogP contribution in [0.5, 0.6) is 0 Å². The number of nitrogens with one attached hydrogen (secondary N) is 2. The highest BCUT2D eigenvalue weighted by Crippen LogP contribution is 2.39. The molecule has 0 fully saturated rings. The zero-order chi connectivity index (χ0) is 28.1. The van der Waals surface area contributed by atoms with Crippen LogP contribution in [0.4, 0.5) is 0 Å². The van der Waals surface area contributed by atoms with Crippen LogP contribution < -0.4 is 0 Å². The number of H-pyrrole nitrogens is 2. The van der Waals surface area contributed by atoms with E-state index in [9.17, 15) is 15.3 Å². The van der Waals surface area contributed by atoms with Crippen molar-refractivity contribution in [2.75, 3.05) is 0 Å². The molecule has 7 heteroatoms. The molecule has 7 rings (SSSR count). The lowest BCUT2D eigenvalue weighted by Gasteiger charge is -2.11. The summed E-state index contributed by atoms with van der Waals surface area (Å²) in [7, 11) is 0. The first-order chi connectivity index (χ1) is 20.0.